The van der Waals surface area contributed by atoms with Gasteiger partial charge in [0, 0.05) is 107 Å². The number of carbonyl (C=O) groups excluding carboxylic acids is 11. The van der Waals surface area contributed by atoms with Crippen LogP contribution in [0, 0.1) is 0 Å². The first-order chi connectivity index (χ1) is 48.7. The number of benzene rings is 3. The number of amides is 6. The van der Waals surface area contributed by atoms with E-state index in [2.05, 4.69) is 86.5 Å². The third-order valence-electron chi connectivity index (χ3n) is 14.1. The summed E-state index contributed by atoms with van der Waals surface area (Å²) in [6, 6.07) is 31.8. The molecule has 0 radical (unpaired) electrons. The Kier molecular flexibility index (Phi) is 46.8. The van der Waals surface area contributed by atoms with E-state index in [-0.39, 0.29) is 61.4 Å². The van der Waals surface area contributed by atoms with Crippen molar-refractivity contribution in [3.05, 3.63) is 140 Å². The Morgan fingerprint density at radius 3 is 0.971 bits per heavy atom. The maximum Gasteiger partial charge on any atom is 0.507 e. The van der Waals surface area contributed by atoms with Crippen LogP contribution in [0.25, 0.3) is 32.9 Å². The molecule has 0 bridgehead atoms. The Bertz CT molecular complexity index is 3350. The predicted molar refractivity (Wildman–Crippen MR) is 381 cm³/mol. The average molecular weight is 1450 g/mol. The highest BCUT2D eigenvalue weighted by Gasteiger charge is 2.33. The number of hydroxylamine groups is 6. The topological polar surface area (TPSA) is 353 Å². The zero-order chi connectivity index (χ0) is 76.4. The van der Waals surface area contributed by atoms with Gasteiger partial charge >= 0.3 is 46.9 Å². The van der Waals surface area contributed by atoms with Crippen molar-refractivity contribution < 1.29 is 94.7 Å². The number of hydrogen-bond acceptors (Lipinski definition) is 27. The highest BCUT2D eigenvalue weighted by atomic mass is 32.2. The minimum absolute atomic E-state index is 0.0976. The number of hydrogen-bond donors (Lipinski definition) is 0. The number of unbranched alkanes of at least 4 members (excludes halogenated alkanes) is 1. The summed E-state index contributed by atoms with van der Waals surface area (Å²) >= 11 is 1.94. The maximum absolute atomic E-state index is 10.8. The molecule has 3 aliphatic heterocycles. The lowest BCUT2D eigenvalue weighted by molar-refractivity contribution is -0.195. The van der Waals surface area contributed by atoms with Crippen molar-refractivity contribution >= 4 is 110 Å². The fraction of sp³-hybridized carbons (Fsp3) is 0.472. The summed E-state index contributed by atoms with van der Waals surface area (Å²) in [5.41, 5.74) is 1.01. The SMILES string of the molecule is CC(=O)ON1C(=O)CCC1=O.CC(=O)ON1C(=O)CCC1=O.CC(=O)ON1C(=O)CCC1=O.CCN(CC)CCCCC(=O)OC.CCN(CC)CCCOC(=O)OC.CCN(CC)CCCSC.O=c1ccc2ccccc2o1.O=c1ccc2ccccc2o1.O=c1ccc2ccccc2o1. The Balaban J connectivity index is 0.000000574. The fourth-order valence-corrected chi connectivity index (χ4v) is 9.07. The quantitative estimate of drug-likeness (QED) is 0.0264. The summed E-state index contributed by atoms with van der Waals surface area (Å²) in [4.78, 5) is 169. The molecule has 3 fully saturated rings. The largest absolute Gasteiger partial charge is 0.507 e. The molecule has 560 valence electrons. The first-order valence-electron chi connectivity index (χ1n) is 33.3. The van der Waals surface area contributed by atoms with Crippen molar-refractivity contribution in [1.82, 2.24) is 29.9 Å². The summed E-state index contributed by atoms with van der Waals surface area (Å²) < 4.78 is 28.4. The van der Waals surface area contributed by atoms with Gasteiger partial charge in [-0.3, -0.25) is 33.6 Å². The van der Waals surface area contributed by atoms with Gasteiger partial charge in [0.25, 0.3) is 35.4 Å². The summed E-state index contributed by atoms with van der Waals surface area (Å²) in [6.45, 7) is 26.8. The third-order valence-corrected chi connectivity index (χ3v) is 14.8. The normalized spacial score (nSPS) is 12.6. The molecule has 0 saturated carbocycles. The number of carbonyl (C=O) groups is 11. The van der Waals surface area contributed by atoms with E-state index in [0.29, 0.717) is 45.0 Å². The smallest absolute Gasteiger partial charge is 0.469 e. The van der Waals surface area contributed by atoms with Crippen LogP contribution in [0.2, 0.25) is 0 Å². The summed E-state index contributed by atoms with van der Waals surface area (Å²) in [5.74, 6) is -3.49. The number of thioether (sulfide) groups is 1. The molecule has 29 nitrogen and oxygen atoms in total. The predicted octanol–water partition coefficient (Wildman–Crippen LogP) is 9.47. The number of para-hydroxylation sites is 3. The number of nitrogens with zero attached hydrogens (tertiary/aromatic N) is 6. The molecule has 0 atom stereocenters. The second-order valence-corrected chi connectivity index (χ2v) is 22.5. The molecule has 30 heteroatoms. The van der Waals surface area contributed by atoms with E-state index >= 15 is 0 Å². The Hall–Kier alpha value is -9.91. The number of methoxy groups -OCH3 is 2. The van der Waals surface area contributed by atoms with Gasteiger partial charge in [-0.2, -0.15) is 11.8 Å². The van der Waals surface area contributed by atoms with Gasteiger partial charge in [0.15, 0.2) is 0 Å². The van der Waals surface area contributed by atoms with Gasteiger partial charge in [-0.05, 0) is 126 Å². The van der Waals surface area contributed by atoms with E-state index in [0.717, 1.165) is 95.5 Å². The van der Waals surface area contributed by atoms with E-state index in [1.54, 1.807) is 36.4 Å². The molecule has 0 aliphatic carbocycles. The lowest BCUT2D eigenvalue weighted by Crippen LogP contribution is -2.30. The molecular weight excluding hydrogens is 1350 g/mol. The van der Waals surface area contributed by atoms with E-state index in [1.807, 2.05) is 66.4 Å². The molecule has 3 aliphatic rings. The van der Waals surface area contributed by atoms with Crippen LogP contribution in [0.4, 0.5) is 4.79 Å². The zero-order valence-corrected chi connectivity index (χ0v) is 61.2. The van der Waals surface area contributed by atoms with Crippen LogP contribution >= 0.6 is 11.8 Å². The first-order valence-corrected chi connectivity index (χ1v) is 34.7. The molecule has 6 aromatic rings. The number of esters is 1. The number of ether oxygens (including phenoxy) is 3. The lowest BCUT2D eigenvalue weighted by atomic mass is 10.2. The molecule has 0 N–H and O–H groups in total. The Morgan fingerprint density at radius 2 is 0.696 bits per heavy atom. The zero-order valence-electron chi connectivity index (χ0n) is 60.4. The van der Waals surface area contributed by atoms with Gasteiger partial charge in [0.1, 0.15) is 16.7 Å². The minimum atomic E-state index is -0.659. The van der Waals surface area contributed by atoms with Crippen LogP contribution in [-0.4, -0.2) is 187 Å². The van der Waals surface area contributed by atoms with Crippen molar-refractivity contribution in [1.29, 1.82) is 0 Å². The molecule has 3 aromatic heterocycles. The summed E-state index contributed by atoms with van der Waals surface area (Å²) in [7, 11) is 2.75. The van der Waals surface area contributed by atoms with E-state index in [4.69, 9.17) is 18.0 Å². The highest BCUT2D eigenvalue weighted by molar-refractivity contribution is 7.98. The van der Waals surface area contributed by atoms with Crippen LogP contribution in [0.3, 0.4) is 0 Å². The molecule has 0 spiro atoms. The number of fused-ring (bicyclic) bond motifs is 3. The van der Waals surface area contributed by atoms with Crippen LogP contribution in [0.5, 0.6) is 0 Å². The molecule has 0 unspecified atom stereocenters. The lowest BCUT2D eigenvalue weighted by Gasteiger charge is -2.17. The van der Waals surface area contributed by atoms with Crippen molar-refractivity contribution in [3.8, 4) is 0 Å². The molecule has 3 saturated heterocycles. The Labute approximate surface area is 597 Å². The van der Waals surface area contributed by atoms with E-state index in [9.17, 15) is 67.1 Å². The average Bonchev–Trinajstić information content (AvgIpc) is 1.45. The van der Waals surface area contributed by atoms with Gasteiger partial charge in [-0.25, -0.2) is 33.6 Å². The van der Waals surface area contributed by atoms with Crippen LogP contribution in [-0.2, 0) is 76.7 Å². The van der Waals surface area contributed by atoms with Gasteiger partial charge in [-0.15, -0.1) is 15.2 Å². The number of rotatable bonds is 22. The van der Waals surface area contributed by atoms with Crippen LogP contribution in [0.15, 0.2) is 137 Å². The number of imide groups is 3. The van der Waals surface area contributed by atoms with E-state index in [1.165, 1.54) is 64.2 Å². The van der Waals surface area contributed by atoms with Crippen LogP contribution in [0.1, 0.15) is 133 Å². The molecule has 6 heterocycles. The maximum atomic E-state index is 10.8. The van der Waals surface area contributed by atoms with Crippen molar-refractivity contribution in [2.24, 2.45) is 0 Å². The second kappa shape index (κ2) is 53.0. The van der Waals surface area contributed by atoms with Gasteiger partial charge in [0.05, 0.1) is 20.8 Å². The van der Waals surface area contributed by atoms with Crippen molar-refractivity contribution in [3.63, 3.8) is 0 Å². The summed E-state index contributed by atoms with van der Waals surface area (Å²) in [5, 5.41) is 4.40. The molecule has 9 rings (SSSR count). The van der Waals surface area contributed by atoms with Gasteiger partial charge in [0.2, 0.25) is 0 Å². The first kappa shape index (κ1) is 90.1. The fourth-order valence-electron chi connectivity index (χ4n) is 8.65. The third kappa shape index (κ3) is 38.6. The van der Waals surface area contributed by atoms with Gasteiger partial charge in [-0.1, -0.05) is 96.1 Å². The minimum Gasteiger partial charge on any atom is -0.469 e. The van der Waals surface area contributed by atoms with Crippen molar-refractivity contribution in [2.45, 2.75) is 133 Å². The molecule has 6 amide bonds. The van der Waals surface area contributed by atoms with Crippen LogP contribution < -0.4 is 16.9 Å². The van der Waals surface area contributed by atoms with Crippen molar-refractivity contribution in [2.75, 3.05) is 91.7 Å². The molecule has 102 heavy (non-hydrogen) atoms. The molecule has 3 aromatic carbocycles. The molecular formula is C72H98N6O23S. The second-order valence-electron chi connectivity index (χ2n) is 21.5. The monoisotopic (exact) mass is 1450 g/mol. The highest BCUT2D eigenvalue weighted by Crippen LogP contribution is 2.15. The standard InChI is InChI=1S/C10H21NO2.C9H19NO3.3C9H6O2.C8H19NS.3C6H7NO4/c1-4-11(5-2)9-7-6-8-10(12)13-3;1-4-10(5-2)7-6-8-13-9(11)12-3;3*10-9-6-5-7-3-1-2-4-8(7)11-9;1-4-9(5-2)7-6-8-10-3;3*1-4(8)11-7-5(9)2-3-6(7)10/h4-9H2,1-3H3;4-8H2,1-3H3;3*1-6H;4-8H2,1-3H3;3*2-3H2,1H3. The van der Waals surface area contributed by atoms with Gasteiger partial charge < -0.3 is 56.7 Å². The summed E-state index contributed by atoms with van der Waals surface area (Å²) in [6.07, 6.45) is 7.12. The Morgan fingerprint density at radius 1 is 0.402 bits per heavy atom. The van der Waals surface area contributed by atoms with E-state index < -0.39 is 59.5 Å².